The van der Waals surface area contributed by atoms with E-state index < -0.39 is 5.60 Å². The maximum atomic E-state index is 10.3. The summed E-state index contributed by atoms with van der Waals surface area (Å²) in [5.74, 6) is 0. The lowest BCUT2D eigenvalue weighted by molar-refractivity contribution is 0.0570. The van der Waals surface area contributed by atoms with E-state index in [1.54, 1.807) is 25.5 Å². The van der Waals surface area contributed by atoms with Crippen molar-refractivity contribution >= 4 is 22.6 Å². The van der Waals surface area contributed by atoms with Crippen LogP contribution >= 0.6 is 22.6 Å². The Balaban J connectivity index is 2.18. The van der Waals surface area contributed by atoms with E-state index in [1.807, 2.05) is 24.3 Å². The highest BCUT2D eigenvalue weighted by Gasteiger charge is 2.24. The van der Waals surface area contributed by atoms with Gasteiger partial charge in [0.2, 0.25) is 0 Å². The number of benzene rings is 1. The van der Waals surface area contributed by atoms with Crippen molar-refractivity contribution in [3.63, 3.8) is 0 Å². The summed E-state index contributed by atoms with van der Waals surface area (Å²) in [4.78, 5) is 0. The van der Waals surface area contributed by atoms with Crippen molar-refractivity contribution in [3.8, 4) is 0 Å². The van der Waals surface area contributed by atoms with Crippen LogP contribution in [0.25, 0.3) is 0 Å². The molecular weight excluding hydrogens is 315 g/mol. The number of hydrogen-bond acceptors (Lipinski definition) is 2. The second-order valence-electron chi connectivity index (χ2n) is 4.09. The monoisotopic (exact) mass is 328 g/mol. The standard InChI is InChI=1S/C13H13IO2/c1-13(15,11-6-7-16-9-11)8-10-2-4-12(14)5-3-10/h2-7,9,15H,8H2,1H3. The molecule has 0 fully saturated rings. The molecule has 0 aliphatic rings. The lowest BCUT2D eigenvalue weighted by Gasteiger charge is -2.21. The quantitative estimate of drug-likeness (QED) is 0.877. The zero-order chi connectivity index (χ0) is 11.6. The molecule has 0 aliphatic carbocycles. The van der Waals surface area contributed by atoms with Gasteiger partial charge in [-0.25, -0.2) is 0 Å². The van der Waals surface area contributed by atoms with Crippen LogP contribution in [0.15, 0.2) is 47.3 Å². The average molecular weight is 328 g/mol. The van der Waals surface area contributed by atoms with Gasteiger partial charge >= 0.3 is 0 Å². The molecular formula is C13H13IO2. The van der Waals surface area contributed by atoms with Crippen molar-refractivity contribution in [1.29, 1.82) is 0 Å². The molecule has 0 aliphatic heterocycles. The molecule has 1 heterocycles. The first-order valence-electron chi connectivity index (χ1n) is 5.07. The van der Waals surface area contributed by atoms with Crippen LogP contribution in [0.3, 0.4) is 0 Å². The number of rotatable bonds is 3. The van der Waals surface area contributed by atoms with Crippen molar-refractivity contribution < 1.29 is 9.52 Å². The summed E-state index contributed by atoms with van der Waals surface area (Å²) < 4.78 is 6.19. The molecule has 2 rings (SSSR count). The summed E-state index contributed by atoms with van der Waals surface area (Å²) in [6.45, 7) is 1.80. The fraction of sp³-hybridized carbons (Fsp3) is 0.231. The third-order valence-corrected chi connectivity index (χ3v) is 3.32. The molecule has 1 atom stereocenters. The first kappa shape index (κ1) is 11.7. The van der Waals surface area contributed by atoms with Gasteiger partial charge in [-0.05, 0) is 53.3 Å². The van der Waals surface area contributed by atoms with Crippen LogP contribution < -0.4 is 0 Å². The molecule has 2 nitrogen and oxygen atoms in total. The lowest BCUT2D eigenvalue weighted by Crippen LogP contribution is -2.23. The predicted octanol–water partition coefficient (Wildman–Crippen LogP) is 3.33. The number of halogens is 1. The molecule has 1 N–H and O–H groups in total. The predicted molar refractivity (Wildman–Crippen MR) is 71.1 cm³/mol. The minimum Gasteiger partial charge on any atom is -0.472 e. The third-order valence-electron chi connectivity index (χ3n) is 2.60. The third kappa shape index (κ3) is 2.65. The molecule has 1 aromatic carbocycles. The molecule has 84 valence electrons. The van der Waals surface area contributed by atoms with Crippen LogP contribution in [0.2, 0.25) is 0 Å². The van der Waals surface area contributed by atoms with E-state index in [-0.39, 0.29) is 0 Å². The Labute approximate surface area is 108 Å². The highest BCUT2D eigenvalue weighted by atomic mass is 127. The molecule has 0 bridgehead atoms. The average Bonchev–Trinajstić information content (AvgIpc) is 2.75. The summed E-state index contributed by atoms with van der Waals surface area (Å²) in [6.07, 6.45) is 3.76. The van der Waals surface area contributed by atoms with Crippen molar-refractivity contribution in [2.75, 3.05) is 0 Å². The Kier molecular flexibility index (Phi) is 3.35. The highest BCUT2D eigenvalue weighted by Crippen LogP contribution is 2.25. The molecule has 1 aromatic heterocycles. The fourth-order valence-electron chi connectivity index (χ4n) is 1.67. The molecule has 0 saturated heterocycles. The second-order valence-corrected chi connectivity index (χ2v) is 5.33. The van der Waals surface area contributed by atoms with Gasteiger partial charge in [0.15, 0.2) is 0 Å². The Bertz CT molecular complexity index is 443. The van der Waals surface area contributed by atoms with Crippen molar-refractivity contribution in [1.82, 2.24) is 0 Å². The zero-order valence-electron chi connectivity index (χ0n) is 8.98. The van der Waals surface area contributed by atoms with Gasteiger partial charge in [0, 0.05) is 15.6 Å². The van der Waals surface area contributed by atoms with Gasteiger partial charge in [-0.2, -0.15) is 0 Å². The van der Waals surface area contributed by atoms with Gasteiger partial charge in [0.1, 0.15) is 0 Å². The van der Waals surface area contributed by atoms with Gasteiger partial charge in [-0.1, -0.05) is 12.1 Å². The first-order valence-corrected chi connectivity index (χ1v) is 6.15. The van der Waals surface area contributed by atoms with Crippen LogP contribution in [0.1, 0.15) is 18.1 Å². The van der Waals surface area contributed by atoms with Crippen molar-refractivity contribution in [2.24, 2.45) is 0 Å². The van der Waals surface area contributed by atoms with E-state index in [4.69, 9.17) is 4.42 Å². The van der Waals surface area contributed by atoms with Gasteiger partial charge in [-0.15, -0.1) is 0 Å². The van der Waals surface area contributed by atoms with E-state index in [2.05, 4.69) is 22.6 Å². The molecule has 1 unspecified atom stereocenters. The molecule has 2 aromatic rings. The van der Waals surface area contributed by atoms with E-state index >= 15 is 0 Å². The van der Waals surface area contributed by atoms with Crippen molar-refractivity contribution in [2.45, 2.75) is 18.9 Å². The summed E-state index contributed by atoms with van der Waals surface area (Å²) in [5, 5.41) is 10.3. The SMILES string of the molecule is CC(O)(Cc1ccc(I)cc1)c1ccoc1. The van der Waals surface area contributed by atoms with Crippen LogP contribution in [0, 0.1) is 3.57 Å². The minimum absolute atomic E-state index is 0.587. The van der Waals surface area contributed by atoms with Crippen LogP contribution in [-0.2, 0) is 12.0 Å². The highest BCUT2D eigenvalue weighted by molar-refractivity contribution is 14.1. The lowest BCUT2D eigenvalue weighted by atomic mass is 9.91. The number of hydrogen-bond donors (Lipinski definition) is 1. The Morgan fingerprint density at radius 1 is 1.25 bits per heavy atom. The molecule has 0 amide bonds. The van der Waals surface area contributed by atoms with Gasteiger partial charge in [0.25, 0.3) is 0 Å². The second kappa shape index (κ2) is 4.59. The number of aliphatic hydroxyl groups is 1. The van der Waals surface area contributed by atoms with Crippen LogP contribution in [-0.4, -0.2) is 5.11 Å². The van der Waals surface area contributed by atoms with E-state index in [0.29, 0.717) is 6.42 Å². The Morgan fingerprint density at radius 3 is 2.50 bits per heavy atom. The molecule has 0 saturated carbocycles. The fourth-order valence-corrected chi connectivity index (χ4v) is 2.03. The molecule has 0 spiro atoms. The Hall–Kier alpha value is -0.810. The Morgan fingerprint density at radius 2 is 1.94 bits per heavy atom. The van der Waals surface area contributed by atoms with Gasteiger partial charge in [0.05, 0.1) is 18.1 Å². The smallest absolute Gasteiger partial charge is 0.0963 e. The summed E-state index contributed by atoms with van der Waals surface area (Å²) in [7, 11) is 0. The van der Waals surface area contributed by atoms with Gasteiger partial charge < -0.3 is 9.52 Å². The molecule has 16 heavy (non-hydrogen) atoms. The summed E-state index contributed by atoms with van der Waals surface area (Å²) in [5.41, 5.74) is 1.05. The normalized spacial score (nSPS) is 14.7. The number of furan rings is 1. The maximum Gasteiger partial charge on any atom is 0.0963 e. The van der Waals surface area contributed by atoms with Crippen LogP contribution in [0.5, 0.6) is 0 Å². The van der Waals surface area contributed by atoms with E-state index in [9.17, 15) is 5.11 Å². The summed E-state index contributed by atoms with van der Waals surface area (Å²) in [6, 6.07) is 9.96. The molecule has 0 radical (unpaired) electrons. The van der Waals surface area contributed by atoms with Crippen LogP contribution in [0.4, 0.5) is 0 Å². The topological polar surface area (TPSA) is 33.4 Å². The largest absolute Gasteiger partial charge is 0.472 e. The molecule has 3 heteroatoms. The van der Waals surface area contributed by atoms with E-state index in [1.165, 1.54) is 3.57 Å². The maximum absolute atomic E-state index is 10.3. The minimum atomic E-state index is -0.875. The zero-order valence-corrected chi connectivity index (χ0v) is 11.1. The summed E-state index contributed by atoms with van der Waals surface area (Å²) >= 11 is 2.27. The van der Waals surface area contributed by atoms with E-state index in [0.717, 1.165) is 11.1 Å². The van der Waals surface area contributed by atoms with Crippen molar-refractivity contribution in [3.05, 3.63) is 57.6 Å². The first-order chi connectivity index (χ1) is 7.58. The van der Waals surface area contributed by atoms with Gasteiger partial charge in [-0.3, -0.25) is 0 Å².